The molecule has 0 amide bonds. The summed E-state index contributed by atoms with van der Waals surface area (Å²) in [5.41, 5.74) is 3.08. The summed E-state index contributed by atoms with van der Waals surface area (Å²) in [7, 11) is 0. The van der Waals surface area contributed by atoms with Crippen molar-refractivity contribution in [3.05, 3.63) is 23.3 Å². The van der Waals surface area contributed by atoms with E-state index in [0.29, 0.717) is 22.7 Å². The van der Waals surface area contributed by atoms with Gasteiger partial charge in [0.1, 0.15) is 6.29 Å². The maximum Gasteiger partial charge on any atom is 0.142 e. The molecular weight excluding hydrogens is 272 g/mol. The van der Waals surface area contributed by atoms with Crippen LogP contribution in [-0.2, 0) is 4.79 Å². The van der Waals surface area contributed by atoms with Gasteiger partial charge < -0.3 is 5.11 Å². The average Bonchev–Trinajstić information content (AvgIpc) is 2.50. The lowest BCUT2D eigenvalue weighted by molar-refractivity contribution is -0.104. The van der Waals surface area contributed by atoms with Crippen molar-refractivity contribution in [2.45, 2.75) is 66.2 Å². The molecule has 2 heteroatoms. The molecule has 0 heterocycles. The van der Waals surface area contributed by atoms with Crippen LogP contribution in [0.25, 0.3) is 0 Å². The van der Waals surface area contributed by atoms with Gasteiger partial charge in [-0.05, 0) is 79.8 Å². The smallest absolute Gasteiger partial charge is 0.142 e. The lowest BCUT2D eigenvalue weighted by atomic mass is 9.47. The van der Waals surface area contributed by atoms with E-state index >= 15 is 0 Å². The van der Waals surface area contributed by atoms with Crippen LogP contribution in [0.15, 0.2) is 23.3 Å². The SMILES string of the molecule is CC1=CCC[C@@H]2[C@@](C)(CC/C(=C/C=O)CO)[C@H](C)CC[C@@]12C. The van der Waals surface area contributed by atoms with Gasteiger partial charge in [-0.2, -0.15) is 0 Å². The first-order chi connectivity index (χ1) is 10.4. The van der Waals surface area contributed by atoms with Crippen LogP contribution >= 0.6 is 0 Å². The lowest BCUT2D eigenvalue weighted by Crippen LogP contribution is -2.49. The summed E-state index contributed by atoms with van der Waals surface area (Å²) in [6.45, 7) is 9.63. The normalized spacial score (nSPS) is 39.1. The van der Waals surface area contributed by atoms with Gasteiger partial charge in [-0.15, -0.1) is 0 Å². The van der Waals surface area contributed by atoms with Crippen molar-refractivity contribution >= 4 is 6.29 Å². The van der Waals surface area contributed by atoms with E-state index in [0.717, 1.165) is 24.7 Å². The highest BCUT2D eigenvalue weighted by Gasteiger charge is 2.52. The van der Waals surface area contributed by atoms with Gasteiger partial charge >= 0.3 is 0 Å². The molecule has 2 rings (SSSR count). The first-order valence-corrected chi connectivity index (χ1v) is 8.79. The van der Waals surface area contributed by atoms with Crippen LogP contribution in [0.2, 0.25) is 0 Å². The molecule has 2 aliphatic rings. The summed E-state index contributed by atoms with van der Waals surface area (Å²) < 4.78 is 0. The standard InChI is InChI=1S/C20H32O2/c1-15-6-5-7-18-19(15,3)11-8-16(2)20(18,4)12-9-17(14-22)10-13-21/h6,10,13,16,18,22H,5,7-9,11-12,14H2,1-4H3/b17-10-/t16-,18+,19+,20+/m1/s1. The molecule has 1 N–H and O–H groups in total. The molecule has 2 aliphatic carbocycles. The molecule has 2 nitrogen and oxygen atoms in total. The second kappa shape index (κ2) is 6.70. The lowest BCUT2D eigenvalue weighted by Gasteiger charge is -2.58. The average molecular weight is 304 g/mol. The quantitative estimate of drug-likeness (QED) is 0.455. The van der Waals surface area contributed by atoms with E-state index < -0.39 is 0 Å². The first kappa shape index (κ1) is 17.5. The van der Waals surface area contributed by atoms with Gasteiger partial charge in [-0.1, -0.05) is 32.4 Å². The molecule has 0 unspecified atom stereocenters. The number of hydrogen-bond donors (Lipinski definition) is 1. The number of allylic oxidation sites excluding steroid dienone is 3. The van der Waals surface area contributed by atoms with Crippen LogP contribution in [-0.4, -0.2) is 18.0 Å². The number of aliphatic hydroxyl groups is 1. The summed E-state index contributed by atoms with van der Waals surface area (Å²) >= 11 is 0. The molecule has 0 aliphatic heterocycles. The molecule has 0 aromatic rings. The minimum atomic E-state index is 0.00403. The fraction of sp³-hybridized carbons (Fsp3) is 0.750. The summed E-state index contributed by atoms with van der Waals surface area (Å²) in [6.07, 6.45) is 11.8. The Kier molecular flexibility index (Phi) is 5.32. The number of fused-ring (bicyclic) bond motifs is 1. The van der Waals surface area contributed by atoms with E-state index in [4.69, 9.17) is 0 Å². The second-order valence-corrected chi connectivity index (χ2v) is 8.00. The molecular formula is C20H32O2. The minimum Gasteiger partial charge on any atom is -0.392 e. The molecule has 1 saturated carbocycles. The van der Waals surface area contributed by atoms with Crippen LogP contribution in [0.1, 0.15) is 66.2 Å². The van der Waals surface area contributed by atoms with Gasteiger partial charge in [0.05, 0.1) is 6.61 Å². The molecule has 0 saturated heterocycles. The second-order valence-electron chi connectivity index (χ2n) is 8.00. The Morgan fingerprint density at radius 2 is 2.14 bits per heavy atom. The van der Waals surface area contributed by atoms with Crippen molar-refractivity contribution < 1.29 is 9.90 Å². The number of carbonyl (C=O) groups excluding carboxylic acids is 1. The van der Waals surface area contributed by atoms with Gasteiger partial charge in [0, 0.05) is 0 Å². The topological polar surface area (TPSA) is 37.3 Å². The van der Waals surface area contributed by atoms with Crippen LogP contribution in [0.5, 0.6) is 0 Å². The molecule has 4 atom stereocenters. The molecule has 22 heavy (non-hydrogen) atoms. The fourth-order valence-electron chi connectivity index (χ4n) is 5.07. The van der Waals surface area contributed by atoms with Gasteiger partial charge in [0.25, 0.3) is 0 Å². The first-order valence-electron chi connectivity index (χ1n) is 8.79. The van der Waals surface area contributed by atoms with Gasteiger partial charge in [0.2, 0.25) is 0 Å². The Bertz CT molecular complexity index is 476. The van der Waals surface area contributed by atoms with Crippen LogP contribution in [0, 0.1) is 22.7 Å². The van der Waals surface area contributed by atoms with E-state index in [9.17, 15) is 9.90 Å². The van der Waals surface area contributed by atoms with E-state index in [1.807, 2.05) is 0 Å². The zero-order valence-electron chi connectivity index (χ0n) is 14.7. The molecule has 1 fully saturated rings. The molecule has 0 spiro atoms. The van der Waals surface area contributed by atoms with Crippen molar-refractivity contribution in [3.63, 3.8) is 0 Å². The molecule has 124 valence electrons. The zero-order valence-corrected chi connectivity index (χ0v) is 14.7. The summed E-state index contributed by atoms with van der Waals surface area (Å²) in [5, 5.41) is 9.43. The summed E-state index contributed by atoms with van der Waals surface area (Å²) in [6, 6.07) is 0. The maximum atomic E-state index is 10.7. The number of aliphatic hydroxyl groups excluding tert-OH is 1. The van der Waals surface area contributed by atoms with Crippen molar-refractivity contribution in [2.24, 2.45) is 22.7 Å². The van der Waals surface area contributed by atoms with Crippen molar-refractivity contribution in [3.8, 4) is 0 Å². The zero-order chi connectivity index (χ0) is 16.4. The Morgan fingerprint density at radius 3 is 2.77 bits per heavy atom. The highest BCUT2D eigenvalue weighted by atomic mass is 16.3. The van der Waals surface area contributed by atoms with Gasteiger partial charge in [-0.25, -0.2) is 0 Å². The highest BCUT2D eigenvalue weighted by Crippen LogP contribution is 2.61. The van der Waals surface area contributed by atoms with E-state index in [1.54, 1.807) is 11.6 Å². The summed E-state index contributed by atoms with van der Waals surface area (Å²) in [4.78, 5) is 10.7. The monoisotopic (exact) mass is 304 g/mol. The van der Waals surface area contributed by atoms with Gasteiger partial charge in [0.15, 0.2) is 0 Å². The highest BCUT2D eigenvalue weighted by molar-refractivity contribution is 5.66. The van der Waals surface area contributed by atoms with E-state index in [-0.39, 0.29) is 6.61 Å². The Hall–Kier alpha value is -0.890. The largest absolute Gasteiger partial charge is 0.392 e. The number of rotatable bonds is 5. The van der Waals surface area contributed by atoms with Crippen LogP contribution in [0.3, 0.4) is 0 Å². The Labute approximate surface area is 135 Å². The Balaban J connectivity index is 2.24. The number of carbonyl (C=O) groups is 1. The molecule has 0 radical (unpaired) electrons. The number of hydrogen-bond acceptors (Lipinski definition) is 2. The number of aldehydes is 1. The third-order valence-corrected chi connectivity index (χ3v) is 7.09. The third-order valence-electron chi connectivity index (χ3n) is 7.09. The van der Waals surface area contributed by atoms with Gasteiger partial charge in [-0.3, -0.25) is 4.79 Å². The van der Waals surface area contributed by atoms with Crippen molar-refractivity contribution in [2.75, 3.05) is 6.61 Å². The van der Waals surface area contributed by atoms with E-state index in [1.165, 1.54) is 25.7 Å². The van der Waals surface area contributed by atoms with Crippen molar-refractivity contribution in [1.82, 2.24) is 0 Å². The summed E-state index contributed by atoms with van der Waals surface area (Å²) in [5.74, 6) is 1.41. The Morgan fingerprint density at radius 1 is 1.41 bits per heavy atom. The van der Waals surface area contributed by atoms with Crippen LogP contribution < -0.4 is 0 Å². The predicted octanol–water partition coefficient (Wildman–Crippen LogP) is 4.68. The fourth-order valence-corrected chi connectivity index (χ4v) is 5.07. The van der Waals surface area contributed by atoms with Crippen molar-refractivity contribution in [1.29, 1.82) is 0 Å². The predicted molar refractivity (Wildman–Crippen MR) is 91.6 cm³/mol. The third kappa shape index (κ3) is 2.95. The molecule has 0 bridgehead atoms. The minimum absolute atomic E-state index is 0.00403. The molecule has 0 aromatic heterocycles. The molecule has 0 aromatic carbocycles. The van der Waals surface area contributed by atoms with Crippen LogP contribution in [0.4, 0.5) is 0 Å². The van der Waals surface area contributed by atoms with E-state index in [2.05, 4.69) is 33.8 Å². The maximum absolute atomic E-state index is 10.7.